The summed E-state index contributed by atoms with van der Waals surface area (Å²) in [5.74, 6) is -2.30. The largest absolute Gasteiger partial charge is 0.452 e. The molecular formula is C12H11ClF3NO5S. The number of rotatable bonds is 5. The molecule has 0 aliphatic rings. The maximum atomic E-state index is 11.9. The first-order chi connectivity index (χ1) is 10.4. The van der Waals surface area contributed by atoms with Crippen LogP contribution in [0.25, 0.3) is 0 Å². The van der Waals surface area contributed by atoms with E-state index in [1.165, 1.54) is 11.4 Å². The molecule has 0 aliphatic heterocycles. The molecule has 1 N–H and O–H groups in total. The second-order valence-electron chi connectivity index (χ2n) is 4.38. The van der Waals surface area contributed by atoms with Crippen LogP contribution in [0.4, 0.5) is 13.2 Å². The molecule has 6 nitrogen and oxygen atoms in total. The standard InChI is InChI=1S/C12H11ClF3NO5S/c1-23(20,21)7-2-3-9(13)8(4-7)11(19)22-5-10(18)17-6-12(14,15)16/h2-4H,5-6H2,1H3,(H,17,18). The average Bonchev–Trinajstić information content (AvgIpc) is 2.41. The molecule has 0 unspecified atom stereocenters. The number of ether oxygens (including phenoxy) is 1. The van der Waals surface area contributed by atoms with Crippen molar-refractivity contribution in [2.45, 2.75) is 11.1 Å². The highest BCUT2D eigenvalue weighted by Crippen LogP contribution is 2.21. The fraction of sp³-hybridized carbons (Fsp3) is 0.333. The number of hydrogen-bond donors (Lipinski definition) is 1. The molecule has 1 amide bonds. The Bertz CT molecular complexity index is 718. The van der Waals surface area contributed by atoms with Crippen LogP contribution in [0.5, 0.6) is 0 Å². The van der Waals surface area contributed by atoms with Gasteiger partial charge in [0.1, 0.15) is 6.54 Å². The van der Waals surface area contributed by atoms with Crippen molar-refractivity contribution < 1.29 is 35.9 Å². The van der Waals surface area contributed by atoms with Gasteiger partial charge in [0.05, 0.1) is 15.5 Å². The zero-order valence-electron chi connectivity index (χ0n) is 11.6. The van der Waals surface area contributed by atoms with Crippen molar-refractivity contribution >= 4 is 33.3 Å². The molecule has 0 bridgehead atoms. The van der Waals surface area contributed by atoms with E-state index in [1.807, 2.05) is 0 Å². The van der Waals surface area contributed by atoms with E-state index in [0.29, 0.717) is 0 Å². The van der Waals surface area contributed by atoms with Crippen LogP contribution >= 0.6 is 11.6 Å². The van der Waals surface area contributed by atoms with Crippen molar-refractivity contribution in [1.82, 2.24) is 5.32 Å². The number of benzene rings is 1. The maximum Gasteiger partial charge on any atom is 0.405 e. The van der Waals surface area contributed by atoms with E-state index >= 15 is 0 Å². The lowest BCUT2D eigenvalue weighted by atomic mass is 10.2. The second-order valence-corrected chi connectivity index (χ2v) is 6.80. The maximum absolute atomic E-state index is 11.9. The Hall–Kier alpha value is -1.81. The Balaban J connectivity index is 2.74. The molecule has 23 heavy (non-hydrogen) atoms. The second kappa shape index (κ2) is 7.18. The smallest absolute Gasteiger partial charge is 0.405 e. The van der Waals surface area contributed by atoms with Crippen molar-refractivity contribution in [1.29, 1.82) is 0 Å². The molecule has 0 aromatic heterocycles. The summed E-state index contributed by atoms with van der Waals surface area (Å²) in [5, 5.41) is 1.38. The summed E-state index contributed by atoms with van der Waals surface area (Å²) >= 11 is 5.73. The topological polar surface area (TPSA) is 89.5 Å². The monoisotopic (exact) mass is 373 g/mol. The van der Waals surface area contributed by atoms with Crippen LogP contribution in [0.1, 0.15) is 10.4 Å². The van der Waals surface area contributed by atoms with Crippen molar-refractivity contribution in [3.63, 3.8) is 0 Å². The molecule has 0 heterocycles. The van der Waals surface area contributed by atoms with Crippen molar-refractivity contribution in [2.24, 2.45) is 0 Å². The minimum Gasteiger partial charge on any atom is -0.452 e. The van der Waals surface area contributed by atoms with E-state index in [1.54, 1.807) is 0 Å². The highest BCUT2D eigenvalue weighted by atomic mass is 35.5. The zero-order valence-corrected chi connectivity index (χ0v) is 13.2. The lowest BCUT2D eigenvalue weighted by Crippen LogP contribution is -2.36. The number of carbonyl (C=O) groups is 2. The van der Waals surface area contributed by atoms with Gasteiger partial charge in [0.15, 0.2) is 16.4 Å². The molecule has 0 saturated carbocycles. The first-order valence-electron chi connectivity index (χ1n) is 5.90. The molecule has 0 fully saturated rings. The van der Waals surface area contributed by atoms with E-state index < -0.39 is 41.0 Å². The molecule has 0 saturated heterocycles. The summed E-state index contributed by atoms with van der Waals surface area (Å²) in [6.07, 6.45) is -3.68. The zero-order chi connectivity index (χ0) is 17.8. The molecular weight excluding hydrogens is 363 g/mol. The van der Waals surface area contributed by atoms with E-state index in [2.05, 4.69) is 4.74 Å². The molecule has 11 heteroatoms. The Labute approximate surface area is 134 Å². The van der Waals surface area contributed by atoms with Crippen LogP contribution in [0.3, 0.4) is 0 Å². The Morgan fingerprint density at radius 2 is 1.91 bits per heavy atom. The van der Waals surface area contributed by atoms with Gasteiger partial charge in [-0.15, -0.1) is 0 Å². The highest BCUT2D eigenvalue weighted by Gasteiger charge is 2.28. The van der Waals surface area contributed by atoms with Crippen LogP contribution in [0.2, 0.25) is 5.02 Å². The molecule has 1 rings (SSSR count). The third kappa shape index (κ3) is 6.45. The van der Waals surface area contributed by atoms with Gasteiger partial charge >= 0.3 is 12.1 Å². The predicted octanol–water partition coefficient (Wildman–Crippen LogP) is 1.58. The van der Waals surface area contributed by atoms with Crippen molar-refractivity contribution in [3.05, 3.63) is 28.8 Å². The molecule has 0 aliphatic carbocycles. The van der Waals surface area contributed by atoms with Crippen LogP contribution in [-0.2, 0) is 19.4 Å². The number of halogens is 4. The van der Waals surface area contributed by atoms with Crippen molar-refractivity contribution in [3.8, 4) is 0 Å². The summed E-state index contributed by atoms with van der Waals surface area (Å²) < 4.78 is 63.0. The van der Waals surface area contributed by atoms with E-state index in [4.69, 9.17) is 11.6 Å². The van der Waals surface area contributed by atoms with Crippen LogP contribution < -0.4 is 5.32 Å². The van der Waals surface area contributed by atoms with E-state index in [0.717, 1.165) is 18.4 Å². The minimum absolute atomic E-state index is 0.127. The van der Waals surface area contributed by atoms with Gasteiger partial charge in [-0.05, 0) is 18.2 Å². The van der Waals surface area contributed by atoms with Gasteiger partial charge in [0.25, 0.3) is 5.91 Å². The lowest BCUT2D eigenvalue weighted by molar-refractivity contribution is -0.140. The number of amides is 1. The van der Waals surface area contributed by atoms with Gasteiger partial charge in [-0.1, -0.05) is 11.6 Å². The number of hydrogen-bond acceptors (Lipinski definition) is 5. The molecule has 1 aromatic rings. The summed E-state index contributed by atoms with van der Waals surface area (Å²) in [5.41, 5.74) is -0.321. The summed E-state index contributed by atoms with van der Waals surface area (Å²) in [6.45, 7) is -2.53. The van der Waals surface area contributed by atoms with E-state index in [9.17, 15) is 31.2 Å². The molecule has 0 spiro atoms. The normalized spacial score (nSPS) is 11.9. The van der Waals surface area contributed by atoms with E-state index in [-0.39, 0.29) is 15.5 Å². The fourth-order valence-electron chi connectivity index (χ4n) is 1.35. The third-order valence-corrected chi connectivity index (χ3v) is 3.85. The quantitative estimate of drug-likeness (QED) is 0.791. The first kappa shape index (κ1) is 19.2. The number of esters is 1. The summed E-state index contributed by atoms with van der Waals surface area (Å²) in [7, 11) is -3.60. The lowest BCUT2D eigenvalue weighted by Gasteiger charge is -2.10. The average molecular weight is 374 g/mol. The number of sulfone groups is 1. The van der Waals surface area contributed by atoms with Gasteiger partial charge in [0.2, 0.25) is 0 Å². The number of carbonyl (C=O) groups excluding carboxylic acids is 2. The van der Waals surface area contributed by atoms with Gasteiger partial charge in [0, 0.05) is 6.26 Å². The van der Waals surface area contributed by atoms with Crippen LogP contribution in [0, 0.1) is 0 Å². The van der Waals surface area contributed by atoms with Gasteiger partial charge < -0.3 is 10.1 Å². The summed E-state index contributed by atoms with van der Waals surface area (Å²) in [6, 6.07) is 3.27. The van der Waals surface area contributed by atoms with Gasteiger partial charge in [-0.3, -0.25) is 4.79 Å². The van der Waals surface area contributed by atoms with Crippen molar-refractivity contribution in [2.75, 3.05) is 19.4 Å². The third-order valence-electron chi connectivity index (χ3n) is 2.41. The predicted molar refractivity (Wildman–Crippen MR) is 73.9 cm³/mol. The molecule has 128 valence electrons. The Morgan fingerprint density at radius 3 is 2.43 bits per heavy atom. The van der Waals surface area contributed by atoms with Gasteiger partial charge in [-0.2, -0.15) is 13.2 Å². The molecule has 0 atom stereocenters. The van der Waals surface area contributed by atoms with Crippen LogP contribution in [-0.4, -0.2) is 45.9 Å². The SMILES string of the molecule is CS(=O)(=O)c1ccc(Cl)c(C(=O)OCC(=O)NCC(F)(F)F)c1. The Kier molecular flexibility index (Phi) is 6.00. The molecule has 1 aromatic carbocycles. The number of alkyl halides is 3. The fourth-order valence-corrected chi connectivity index (χ4v) is 2.19. The Morgan fingerprint density at radius 1 is 1.30 bits per heavy atom. The molecule has 0 radical (unpaired) electrons. The first-order valence-corrected chi connectivity index (χ1v) is 8.17. The highest BCUT2D eigenvalue weighted by molar-refractivity contribution is 7.90. The van der Waals surface area contributed by atoms with Crippen LogP contribution in [0.15, 0.2) is 23.1 Å². The van der Waals surface area contributed by atoms with Gasteiger partial charge in [-0.25, -0.2) is 13.2 Å². The minimum atomic E-state index is -4.59. The summed E-state index contributed by atoms with van der Waals surface area (Å²) in [4.78, 5) is 22.7. The number of nitrogens with one attached hydrogen (secondary N) is 1.